The lowest BCUT2D eigenvalue weighted by atomic mass is 9.68. The SMILES string of the molecule is CN(C)CCNC1=CC2=NC(O)=CCC23C=c2ccccc2=C3C1=O. The van der Waals surface area contributed by atoms with E-state index in [1.807, 2.05) is 38.4 Å². The summed E-state index contributed by atoms with van der Waals surface area (Å²) in [5, 5.41) is 15.2. The number of ketones is 1. The van der Waals surface area contributed by atoms with Crippen molar-refractivity contribution in [2.45, 2.75) is 6.42 Å². The van der Waals surface area contributed by atoms with Gasteiger partial charge >= 0.3 is 0 Å². The van der Waals surface area contributed by atoms with Gasteiger partial charge in [-0.25, -0.2) is 4.99 Å². The molecule has 4 rings (SSSR count). The first-order valence-electron chi connectivity index (χ1n) is 8.47. The first kappa shape index (κ1) is 15.8. The Labute approximate surface area is 146 Å². The number of aliphatic hydroxyl groups is 1. The van der Waals surface area contributed by atoms with Crippen molar-refractivity contribution in [3.63, 3.8) is 0 Å². The summed E-state index contributed by atoms with van der Waals surface area (Å²) >= 11 is 0. The molecule has 1 unspecified atom stereocenters. The Balaban J connectivity index is 1.85. The van der Waals surface area contributed by atoms with Crippen LogP contribution < -0.4 is 15.8 Å². The molecule has 0 bridgehead atoms. The van der Waals surface area contributed by atoms with Crippen LogP contribution in [-0.4, -0.2) is 48.7 Å². The van der Waals surface area contributed by atoms with Crippen LogP contribution in [0.25, 0.3) is 11.6 Å². The number of allylic oxidation sites excluding steroid dienone is 3. The summed E-state index contributed by atoms with van der Waals surface area (Å²) < 4.78 is 0. The molecule has 0 aromatic heterocycles. The van der Waals surface area contributed by atoms with Crippen molar-refractivity contribution in [2.24, 2.45) is 10.4 Å². The molecular weight excluding hydrogens is 314 g/mol. The standard InChI is InChI=1S/C20H21N3O2/c1-23(2)10-9-21-15-11-16-20(8-7-17(24)22-16)12-13-5-3-4-6-14(13)18(20)19(15)25/h3-7,11-12,21,24H,8-10H2,1-2H3. The maximum absolute atomic E-state index is 13.2. The van der Waals surface area contributed by atoms with Gasteiger partial charge in [-0.3, -0.25) is 4.79 Å². The zero-order chi connectivity index (χ0) is 17.6. The summed E-state index contributed by atoms with van der Waals surface area (Å²) in [6.45, 7) is 1.50. The van der Waals surface area contributed by atoms with Gasteiger partial charge < -0.3 is 15.3 Å². The van der Waals surface area contributed by atoms with Crippen LogP contribution >= 0.6 is 0 Å². The van der Waals surface area contributed by atoms with E-state index < -0.39 is 5.41 Å². The molecule has 1 spiro atoms. The second-order valence-electron chi connectivity index (χ2n) is 6.96. The maximum atomic E-state index is 13.2. The fourth-order valence-electron chi connectivity index (χ4n) is 3.79. The largest absolute Gasteiger partial charge is 0.493 e. The quantitative estimate of drug-likeness (QED) is 0.840. The van der Waals surface area contributed by atoms with E-state index in [0.717, 1.165) is 28.3 Å². The average molecular weight is 335 g/mol. The van der Waals surface area contributed by atoms with Crippen LogP contribution in [0.5, 0.6) is 0 Å². The number of nitrogens with one attached hydrogen (secondary N) is 1. The Morgan fingerprint density at radius 1 is 1.32 bits per heavy atom. The van der Waals surface area contributed by atoms with Gasteiger partial charge in [-0.05, 0) is 43.1 Å². The Bertz CT molecular complexity index is 969. The summed E-state index contributed by atoms with van der Waals surface area (Å²) in [7, 11) is 3.99. The lowest BCUT2D eigenvalue weighted by Crippen LogP contribution is -2.42. The molecule has 1 heterocycles. The van der Waals surface area contributed by atoms with Crippen LogP contribution in [0.2, 0.25) is 0 Å². The minimum absolute atomic E-state index is 0.0163. The van der Waals surface area contributed by atoms with Gasteiger partial charge in [0.05, 0.1) is 16.8 Å². The third kappa shape index (κ3) is 2.43. The Morgan fingerprint density at radius 2 is 2.12 bits per heavy atom. The second kappa shape index (κ2) is 5.70. The van der Waals surface area contributed by atoms with Crippen molar-refractivity contribution >= 4 is 23.1 Å². The number of nitrogens with zero attached hydrogens (tertiary/aromatic N) is 2. The number of carbonyl (C=O) groups excluding carboxylic acids is 1. The number of fused-ring (bicyclic) bond motifs is 1. The molecule has 1 atom stereocenters. The molecule has 1 aromatic rings. The fourth-order valence-corrected chi connectivity index (χ4v) is 3.79. The highest BCUT2D eigenvalue weighted by atomic mass is 16.3. The summed E-state index contributed by atoms with van der Waals surface area (Å²) in [5.41, 5.74) is 1.48. The third-order valence-corrected chi connectivity index (χ3v) is 5.00. The topological polar surface area (TPSA) is 64.9 Å². The molecule has 0 radical (unpaired) electrons. The number of Topliss-reactive ketones (excluding diaryl/α,β-unsaturated/α-hetero) is 1. The number of carbonyl (C=O) groups is 1. The molecule has 0 fully saturated rings. The van der Waals surface area contributed by atoms with Crippen LogP contribution in [0.15, 0.2) is 53.0 Å². The summed E-state index contributed by atoms with van der Waals surface area (Å²) in [6.07, 6.45) is 6.16. The van der Waals surface area contributed by atoms with Crippen molar-refractivity contribution in [1.82, 2.24) is 10.2 Å². The van der Waals surface area contributed by atoms with Gasteiger partial charge in [0.25, 0.3) is 0 Å². The molecule has 0 saturated carbocycles. The molecule has 1 aromatic carbocycles. The van der Waals surface area contributed by atoms with Gasteiger partial charge in [0.1, 0.15) is 0 Å². The molecule has 3 aliphatic rings. The van der Waals surface area contributed by atoms with Gasteiger partial charge in [0, 0.05) is 18.7 Å². The molecule has 25 heavy (non-hydrogen) atoms. The predicted molar refractivity (Wildman–Crippen MR) is 98.4 cm³/mol. The first-order valence-corrected chi connectivity index (χ1v) is 8.47. The zero-order valence-electron chi connectivity index (χ0n) is 14.4. The highest BCUT2D eigenvalue weighted by Gasteiger charge is 2.47. The molecule has 2 N–H and O–H groups in total. The number of aliphatic hydroxyl groups excluding tert-OH is 1. The maximum Gasteiger partial charge on any atom is 0.206 e. The summed E-state index contributed by atoms with van der Waals surface area (Å²) in [5.74, 6) is 0.0382. The van der Waals surface area contributed by atoms with Crippen LogP contribution in [0, 0.1) is 5.41 Å². The molecule has 128 valence electrons. The molecule has 5 nitrogen and oxygen atoms in total. The third-order valence-electron chi connectivity index (χ3n) is 5.00. The average Bonchev–Trinajstić information content (AvgIpc) is 2.91. The number of hydrogen-bond acceptors (Lipinski definition) is 5. The van der Waals surface area contributed by atoms with Crippen molar-refractivity contribution in [3.05, 3.63) is 58.4 Å². The monoisotopic (exact) mass is 335 g/mol. The smallest absolute Gasteiger partial charge is 0.206 e. The van der Waals surface area contributed by atoms with Crippen LogP contribution in [0.1, 0.15) is 6.42 Å². The fraction of sp³-hybridized carbons (Fsp3) is 0.300. The Hall–Kier alpha value is -2.66. The molecule has 0 saturated heterocycles. The zero-order valence-corrected chi connectivity index (χ0v) is 14.4. The van der Waals surface area contributed by atoms with Gasteiger partial charge in [0.2, 0.25) is 11.7 Å². The minimum Gasteiger partial charge on any atom is -0.493 e. The van der Waals surface area contributed by atoms with E-state index in [0.29, 0.717) is 18.7 Å². The van der Waals surface area contributed by atoms with Gasteiger partial charge in [-0.15, -0.1) is 0 Å². The summed E-state index contributed by atoms with van der Waals surface area (Å²) in [6, 6.07) is 7.95. The van der Waals surface area contributed by atoms with Gasteiger partial charge in [-0.2, -0.15) is 0 Å². The van der Waals surface area contributed by atoms with E-state index in [1.54, 1.807) is 12.2 Å². The predicted octanol–water partition coefficient (Wildman–Crippen LogP) is 0.480. The summed E-state index contributed by atoms with van der Waals surface area (Å²) in [4.78, 5) is 19.6. The number of hydrogen-bond donors (Lipinski definition) is 2. The molecule has 2 aliphatic carbocycles. The number of likely N-dealkylation sites (N-methyl/N-ethyl adjacent to an activating group) is 1. The van der Waals surface area contributed by atoms with E-state index in [2.05, 4.69) is 21.3 Å². The lowest BCUT2D eigenvalue weighted by Gasteiger charge is -2.36. The van der Waals surface area contributed by atoms with Gasteiger partial charge in [-0.1, -0.05) is 30.3 Å². The highest BCUT2D eigenvalue weighted by Crippen LogP contribution is 2.45. The molecule has 0 amide bonds. The minimum atomic E-state index is -0.556. The number of rotatable bonds is 4. The van der Waals surface area contributed by atoms with Crippen LogP contribution in [0.4, 0.5) is 0 Å². The van der Waals surface area contributed by atoms with Crippen molar-refractivity contribution in [3.8, 4) is 0 Å². The molecule has 5 heteroatoms. The van der Waals surface area contributed by atoms with Crippen LogP contribution in [0.3, 0.4) is 0 Å². The van der Waals surface area contributed by atoms with Crippen molar-refractivity contribution < 1.29 is 9.90 Å². The van der Waals surface area contributed by atoms with E-state index in [9.17, 15) is 9.90 Å². The molecule has 1 aliphatic heterocycles. The van der Waals surface area contributed by atoms with Crippen molar-refractivity contribution in [1.29, 1.82) is 0 Å². The Kier molecular flexibility index (Phi) is 3.62. The normalized spacial score (nSPS) is 23.9. The highest BCUT2D eigenvalue weighted by molar-refractivity contribution is 6.38. The van der Waals surface area contributed by atoms with E-state index in [1.165, 1.54) is 0 Å². The van der Waals surface area contributed by atoms with E-state index >= 15 is 0 Å². The van der Waals surface area contributed by atoms with Crippen molar-refractivity contribution in [2.75, 3.05) is 27.2 Å². The van der Waals surface area contributed by atoms with Crippen LogP contribution in [-0.2, 0) is 4.79 Å². The second-order valence-corrected chi connectivity index (χ2v) is 6.96. The first-order chi connectivity index (χ1) is 12.0. The lowest BCUT2D eigenvalue weighted by molar-refractivity contribution is -0.111. The van der Waals surface area contributed by atoms with E-state index in [4.69, 9.17) is 0 Å². The van der Waals surface area contributed by atoms with E-state index in [-0.39, 0.29) is 11.7 Å². The molecular formula is C20H21N3O2. The van der Waals surface area contributed by atoms with Gasteiger partial charge in [0.15, 0.2) is 0 Å². The Morgan fingerprint density at radius 3 is 2.92 bits per heavy atom. The number of aliphatic imine (C=N–C) groups is 1. The number of benzene rings is 1.